The summed E-state index contributed by atoms with van der Waals surface area (Å²) in [5.74, 6) is 0.231. The van der Waals surface area contributed by atoms with Gasteiger partial charge in [-0.1, -0.05) is 0 Å². The van der Waals surface area contributed by atoms with Crippen molar-refractivity contribution < 1.29 is 30.0 Å². The monoisotopic (exact) mass is 536 g/mol. The molecule has 0 unspecified atom stereocenters. The molecule has 0 bridgehead atoms. The number of piperidine rings is 1. The van der Waals surface area contributed by atoms with Crippen LogP contribution in [0.15, 0.2) is 4.99 Å². The fourth-order valence-electron chi connectivity index (χ4n) is 2.22. The van der Waals surface area contributed by atoms with Crippen molar-refractivity contribution in [3.8, 4) is 0 Å². The van der Waals surface area contributed by atoms with Gasteiger partial charge in [0.25, 0.3) is 0 Å². The van der Waals surface area contributed by atoms with E-state index in [9.17, 15) is 30.0 Å². The summed E-state index contributed by atoms with van der Waals surface area (Å²) in [6.45, 7) is 1.89. The van der Waals surface area contributed by atoms with Crippen LogP contribution in [-0.4, -0.2) is 76.8 Å². The fourth-order valence-corrected chi connectivity index (χ4v) is 3.63. The van der Waals surface area contributed by atoms with Gasteiger partial charge in [-0.05, 0) is 19.8 Å². The van der Waals surface area contributed by atoms with Gasteiger partial charge in [-0.15, -0.1) is 24.0 Å². The lowest BCUT2D eigenvalue weighted by Gasteiger charge is -2.32. The minimum atomic E-state index is -5.30. The minimum absolute atomic E-state index is 0. The van der Waals surface area contributed by atoms with E-state index in [0.717, 1.165) is 6.26 Å². The lowest BCUT2D eigenvalue weighted by molar-refractivity contribution is -0.0494. The molecule has 1 rings (SSSR count). The molecule has 26 heavy (non-hydrogen) atoms. The third kappa shape index (κ3) is 8.12. The predicted molar refractivity (Wildman–Crippen MR) is 104 cm³/mol. The zero-order chi connectivity index (χ0) is 19.3. The van der Waals surface area contributed by atoms with Crippen molar-refractivity contribution in [1.82, 2.24) is 14.9 Å². The van der Waals surface area contributed by atoms with Crippen LogP contribution in [-0.2, 0) is 19.9 Å². The summed E-state index contributed by atoms with van der Waals surface area (Å²) in [7, 11) is -8.45. The minimum Gasteiger partial charge on any atom is -0.357 e. The molecule has 1 aliphatic heterocycles. The van der Waals surface area contributed by atoms with E-state index in [1.165, 1.54) is 0 Å². The van der Waals surface area contributed by atoms with E-state index in [1.807, 2.05) is 6.92 Å². The molecule has 1 aliphatic rings. The molecular formula is C12H24F3IN4O4S2. The first-order chi connectivity index (χ1) is 11.4. The summed E-state index contributed by atoms with van der Waals surface area (Å²) in [5, 5.41) is 5.91. The van der Waals surface area contributed by atoms with Crippen LogP contribution in [0.2, 0.25) is 0 Å². The van der Waals surface area contributed by atoms with E-state index in [2.05, 4.69) is 15.6 Å². The van der Waals surface area contributed by atoms with Crippen LogP contribution in [0.5, 0.6) is 0 Å². The maximum atomic E-state index is 12.5. The summed E-state index contributed by atoms with van der Waals surface area (Å²) in [4.78, 5) is 4.10. The zero-order valence-electron chi connectivity index (χ0n) is 14.4. The molecule has 0 aliphatic carbocycles. The van der Waals surface area contributed by atoms with Gasteiger partial charge in [0.15, 0.2) is 5.96 Å². The van der Waals surface area contributed by atoms with Crippen LogP contribution in [0.3, 0.4) is 0 Å². The molecule has 0 atom stereocenters. The van der Waals surface area contributed by atoms with Crippen molar-refractivity contribution in [2.24, 2.45) is 4.99 Å². The zero-order valence-corrected chi connectivity index (χ0v) is 18.4. The van der Waals surface area contributed by atoms with Gasteiger partial charge in [0.2, 0.25) is 0 Å². The second kappa shape index (κ2) is 10.3. The molecule has 1 saturated heterocycles. The molecule has 0 amide bonds. The Balaban J connectivity index is 0.00000625. The van der Waals surface area contributed by atoms with E-state index in [0.29, 0.717) is 16.8 Å². The van der Waals surface area contributed by atoms with Gasteiger partial charge in [-0.3, -0.25) is 4.99 Å². The molecule has 0 spiro atoms. The largest absolute Gasteiger partial charge is 0.511 e. The molecule has 2 N–H and O–H groups in total. The molecule has 0 saturated carbocycles. The Kier molecular flexibility index (Phi) is 10.1. The Labute approximate surface area is 169 Å². The smallest absolute Gasteiger partial charge is 0.357 e. The number of halogens is 4. The van der Waals surface area contributed by atoms with Crippen LogP contribution >= 0.6 is 24.0 Å². The Morgan fingerprint density at radius 3 is 2.15 bits per heavy atom. The molecule has 1 fully saturated rings. The van der Waals surface area contributed by atoms with Crippen molar-refractivity contribution in [2.75, 3.05) is 38.2 Å². The van der Waals surface area contributed by atoms with E-state index in [1.54, 1.807) is 0 Å². The first kappa shape index (κ1) is 25.6. The van der Waals surface area contributed by atoms with E-state index in [-0.39, 0.29) is 68.2 Å². The summed E-state index contributed by atoms with van der Waals surface area (Å²) >= 11 is 0. The van der Waals surface area contributed by atoms with Gasteiger partial charge in [0.05, 0.1) is 12.3 Å². The number of nitrogens with zero attached hydrogens (tertiary/aromatic N) is 2. The van der Waals surface area contributed by atoms with Crippen molar-refractivity contribution in [1.29, 1.82) is 0 Å². The van der Waals surface area contributed by atoms with Crippen molar-refractivity contribution >= 4 is 49.8 Å². The lowest BCUT2D eigenvalue weighted by atomic mass is 10.1. The van der Waals surface area contributed by atoms with Gasteiger partial charge in [-0.25, -0.2) is 16.8 Å². The molecule has 0 aromatic rings. The Hall–Kier alpha value is -0.350. The fraction of sp³-hybridized carbons (Fsp3) is 0.917. The highest BCUT2D eigenvalue weighted by Gasteiger charge is 2.50. The van der Waals surface area contributed by atoms with Gasteiger partial charge >= 0.3 is 15.5 Å². The van der Waals surface area contributed by atoms with E-state index >= 15 is 0 Å². The van der Waals surface area contributed by atoms with Crippen molar-refractivity contribution in [3.05, 3.63) is 0 Å². The Bertz CT molecular complexity index is 675. The highest BCUT2D eigenvalue weighted by Crippen LogP contribution is 2.28. The van der Waals surface area contributed by atoms with Crippen molar-refractivity contribution in [2.45, 2.75) is 31.3 Å². The van der Waals surface area contributed by atoms with Crippen LogP contribution < -0.4 is 10.6 Å². The lowest BCUT2D eigenvalue weighted by Crippen LogP contribution is -2.51. The second-order valence-electron chi connectivity index (χ2n) is 5.66. The molecular weight excluding hydrogens is 512 g/mol. The normalized spacial score (nSPS) is 18.3. The van der Waals surface area contributed by atoms with Gasteiger partial charge < -0.3 is 10.6 Å². The van der Waals surface area contributed by atoms with Crippen molar-refractivity contribution in [3.63, 3.8) is 0 Å². The van der Waals surface area contributed by atoms with Gasteiger partial charge in [-0.2, -0.15) is 17.5 Å². The average Bonchev–Trinajstić information content (AvgIpc) is 2.45. The van der Waals surface area contributed by atoms with E-state index < -0.39 is 25.4 Å². The molecule has 0 aromatic heterocycles. The summed E-state index contributed by atoms with van der Waals surface area (Å²) in [5.41, 5.74) is -5.30. The third-order valence-electron chi connectivity index (χ3n) is 3.50. The predicted octanol–water partition coefficient (Wildman–Crippen LogP) is 0.518. The number of alkyl halides is 3. The molecule has 156 valence electrons. The number of rotatable bonds is 6. The topological polar surface area (TPSA) is 108 Å². The second-order valence-corrected chi connectivity index (χ2v) is 9.85. The number of nitrogens with one attached hydrogen (secondary N) is 2. The number of aliphatic imine (C=N–C) groups is 1. The van der Waals surface area contributed by atoms with Crippen LogP contribution in [0.25, 0.3) is 0 Å². The highest BCUT2D eigenvalue weighted by molar-refractivity contribution is 14.0. The number of hydrogen-bond donors (Lipinski definition) is 2. The maximum Gasteiger partial charge on any atom is 0.511 e. The van der Waals surface area contributed by atoms with Crippen LogP contribution in [0.4, 0.5) is 13.2 Å². The number of guanidine groups is 1. The maximum absolute atomic E-state index is 12.5. The Morgan fingerprint density at radius 1 is 1.19 bits per heavy atom. The number of hydrogen-bond acceptors (Lipinski definition) is 5. The third-order valence-corrected chi connectivity index (χ3v) is 6.06. The average molecular weight is 536 g/mol. The number of sulfonamides is 1. The molecule has 8 nitrogen and oxygen atoms in total. The van der Waals surface area contributed by atoms with Gasteiger partial charge in [0, 0.05) is 31.9 Å². The summed E-state index contributed by atoms with van der Waals surface area (Å²) in [6, 6.07) is -0.254. The van der Waals surface area contributed by atoms with E-state index in [4.69, 9.17) is 0 Å². The first-order valence-corrected chi connectivity index (χ1v) is 11.2. The van der Waals surface area contributed by atoms with Crippen LogP contribution in [0, 0.1) is 0 Å². The summed E-state index contributed by atoms with van der Waals surface area (Å²) < 4.78 is 83.0. The molecule has 0 radical (unpaired) electrons. The quantitative estimate of drug-likeness (QED) is 0.291. The molecule has 14 heteroatoms. The molecule has 0 aromatic carbocycles. The molecule has 1 heterocycles. The summed E-state index contributed by atoms with van der Waals surface area (Å²) in [6.07, 6.45) is 1.47. The first-order valence-electron chi connectivity index (χ1n) is 7.66. The standard InChI is InChI=1S/C12H23F3N4O4S2.HI/c1-3-16-11(17-6-9-24(2,20)21)18-10-4-7-19(8-5-10)25(22,23)12(13,14)15;/h10H,3-9H2,1-2H3,(H2,16,17,18);1H. The Morgan fingerprint density at radius 2 is 1.73 bits per heavy atom. The number of sulfone groups is 1. The SMILES string of the molecule is CCNC(=NCCS(C)(=O)=O)NC1CCN(S(=O)(=O)C(F)(F)F)CC1.I. The highest BCUT2D eigenvalue weighted by atomic mass is 127. The van der Waals surface area contributed by atoms with Gasteiger partial charge in [0.1, 0.15) is 9.84 Å². The van der Waals surface area contributed by atoms with Crippen LogP contribution in [0.1, 0.15) is 19.8 Å².